The first-order valence-corrected chi connectivity index (χ1v) is 8.92. The number of nitrogens with zero attached hydrogens (tertiary/aromatic N) is 1. The normalized spacial score (nSPS) is 16.0. The Bertz CT molecular complexity index is 770. The van der Waals surface area contributed by atoms with Crippen molar-refractivity contribution in [3.05, 3.63) is 70.6 Å². The average Bonchev–Trinajstić information content (AvgIpc) is 2.88. The number of thiocarbonyl (C=S) groups is 1. The number of hydrogen-bond acceptors (Lipinski definition) is 4. The summed E-state index contributed by atoms with van der Waals surface area (Å²) in [4.78, 5) is 14.5. The summed E-state index contributed by atoms with van der Waals surface area (Å²) in [5.74, 6) is 0.786. The van der Waals surface area contributed by atoms with E-state index in [9.17, 15) is 4.79 Å². The maximum Gasteiger partial charge on any atom is 0.266 e. The van der Waals surface area contributed by atoms with Gasteiger partial charge in [-0.2, -0.15) is 0 Å². The van der Waals surface area contributed by atoms with Gasteiger partial charge in [-0.3, -0.25) is 9.69 Å². The van der Waals surface area contributed by atoms with Crippen LogP contribution in [0, 0.1) is 0 Å². The number of thioether (sulfide) groups is 1. The van der Waals surface area contributed by atoms with Crippen molar-refractivity contribution in [1.82, 2.24) is 4.90 Å². The molecule has 2 aromatic carbocycles. The van der Waals surface area contributed by atoms with Gasteiger partial charge in [0, 0.05) is 6.54 Å². The molecule has 0 spiro atoms. The zero-order chi connectivity index (χ0) is 16.9. The van der Waals surface area contributed by atoms with Crippen LogP contribution >= 0.6 is 24.0 Å². The second-order valence-corrected chi connectivity index (χ2v) is 6.95. The van der Waals surface area contributed by atoms with Gasteiger partial charge in [0.15, 0.2) is 0 Å². The van der Waals surface area contributed by atoms with Gasteiger partial charge in [-0.15, -0.1) is 0 Å². The molecular weight excluding hydrogens is 338 g/mol. The topological polar surface area (TPSA) is 29.5 Å². The van der Waals surface area contributed by atoms with Crippen molar-refractivity contribution in [2.75, 3.05) is 6.54 Å². The highest BCUT2D eigenvalue weighted by Crippen LogP contribution is 2.32. The Labute approximate surface area is 151 Å². The predicted molar refractivity (Wildman–Crippen MR) is 103 cm³/mol. The second kappa shape index (κ2) is 7.64. The minimum Gasteiger partial charge on any atom is -0.489 e. The van der Waals surface area contributed by atoms with E-state index in [4.69, 9.17) is 17.0 Å². The summed E-state index contributed by atoms with van der Waals surface area (Å²) in [7, 11) is 0. The van der Waals surface area contributed by atoms with Crippen molar-refractivity contribution in [2.45, 2.75) is 13.5 Å². The van der Waals surface area contributed by atoms with Gasteiger partial charge >= 0.3 is 0 Å². The van der Waals surface area contributed by atoms with Crippen LogP contribution in [0.3, 0.4) is 0 Å². The third-order valence-corrected chi connectivity index (χ3v) is 4.99. The number of rotatable bonds is 5. The lowest BCUT2D eigenvalue weighted by Crippen LogP contribution is -2.27. The van der Waals surface area contributed by atoms with E-state index in [0.717, 1.165) is 16.9 Å². The number of ether oxygens (including phenoxy) is 1. The molecule has 0 saturated carbocycles. The van der Waals surface area contributed by atoms with Crippen LogP contribution in [0.2, 0.25) is 0 Å². The molecule has 0 unspecified atom stereocenters. The summed E-state index contributed by atoms with van der Waals surface area (Å²) in [6.07, 6.45) is 1.87. The van der Waals surface area contributed by atoms with Crippen LogP contribution in [0.1, 0.15) is 18.1 Å². The first-order chi connectivity index (χ1) is 11.7. The van der Waals surface area contributed by atoms with Crippen molar-refractivity contribution in [3.8, 4) is 5.75 Å². The van der Waals surface area contributed by atoms with Crippen molar-refractivity contribution < 1.29 is 9.53 Å². The van der Waals surface area contributed by atoms with Crippen molar-refractivity contribution in [3.63, 3.8) is 0 Å². The first kappa shape index (κ1) is 16.7. The van der Waals surface area contributed by atoms with E-state index in [1.807, 2.05) is 67.6 Å². The Morgan fingerprint density at radius 1 is 1.12 bits per heavy atom. The molecule has 0 radical (unpaired) electrons. The summed E-state index contributed by atoms with van der Waals surface area (Å²) in [6.45, 7) is 3.07. The van der Waals surface area contributed by atoms with Crippen LogP contribution < -0.4 is 4.74 Å². The zero-order valence-corrected chi connectivity index (χ0v) is 14.9. The van der Waals surface area contributed by atoms with Gasteiger partial charge in [0.1, 0.15) is 16.7 Å². The molecule has 0 aromatic heterocycles. The molecule has 2 aromatic rings. The number of amides is 1. The Kier molecular flexibility index (Phi) is 5.33. The summed E-state index contributed by atoms with van der Waals surface area (Å²) in [5, 5.41) is 0. The molecule has 1 saturated heterocycles. The molecule has 1 aliphatic heterocycles. The molecule has 24 heavy (non-hydrogen) atoms. The van der Waals surface area contributed by atoms with E-state index in [-0.39, 0.29) is 5.91 Å². The molecule has 0 N–H and O–H groups in total. The summed E-state index contributed by atoms with van der Waals surface area (Å²) < 4.78 is 6.39. The van der Waals surface area contributed by atoms with Gasteiger partial charge in [-0.05, 0) is 36.3 Å². The zero-order valence-electron chi connectivity index (χ0n) is 13.3. The van der Waals surface area contributed by atoms with Crippen LogP contribution in [-0.4, -0.2) is 21.7 Å². The average molecular weight is 355 g/mol. The van der Waals surface area contributed by atoms with Crippen LogP contribution in [0.4, 0.5) is 0 Å². The molecule has 1 amide bonds. The number of carbonyl (C=O) groups is 1. The van der Waals surface area contributed by atoms with Gasteiger partial charge in [-0.25, -0.2) is 0 Å². The van der Waals surface area contributed by atoms with Crippen molar-refractivity contribution >= 4 is 40.3 Å². The number of likely N-dealkylation sites (N-methyl/N-ethyl adjacent to an activating group) is 1. The van der Waals surface area contributed by atoms with Crippen molar-refractivity contribution in [2.24, 2.45) is 0 Å². The standard InChI is InChI=1S/C19H17NO2S2/c1-2-20-18(21)17(24-19(20)23)12-14-8-10-16(11-9-14)22-13-15-6-4-3-5-7-15/h3-12H,2,13H2,1H3/b17-12+. The van der Waals surface area contributed by atoms with Crippen LogP contribution in [0.15, 0.2) is 59.5 Å². The van der Waals surface area contributed by atoms with Crippen LogP contribution in [-0.2, 0) is 11.4 Å². The van der Waals surface area contributed by atoms with E-state index in [1.54, 1.807) is 4.90 Å². The lowest BCUT2D eigenvalue weighted by Gasteiger charge is -2.09. The quantitative estimate of drug-likeness (QED) is 0.584. The SMILES string of the molecule is CCN1C(=O)/C(=C\c2ccc(OCc3ccccc3)cc2)SC1=S. The molecule has 122 valence electrons. The third kappa shape index (κ3) is 3.86. The van der Waals surface area contributed by atoms with E-state index in [0.29, 0.717) is 22.4 Å². The molecule has 3 nitrogen and oxygen atoms in total. The highest BCUT2D eigenvalue weighted by Gasteiger charge is 2.30. The van der Waals surface area contributed by atoms with E-state index < -0.39 is 0 Å². The Hall–Kier alpha value is -2.11. The third-order valence-electron chi connectivity index (χ3n) is 3.62. The highest BCUT2D eigenvalue weighted by atomic mass is 32.2. The van der Waals surface area contributed by atoms with Gasteiger partial charge in [0.2, 0.25) is 0 Å². The van der Waals surface area contributed by atoms with Crippen LogP contribution in [0.25, 0.3) is 6.08 Å². The second-order valence-electron chi connectivity index (χ2n) is 5.27. The minimum atomic E-state index is -0.0168. The summed E-state index contributed by atoms with van der Waals surface area (Å²) >= 11 is 6.57. The molecule has 0 atom stereocenters. The fourth-order valence-corrected chi connectivity index (χ4v) is 3.71. The summed E-state index contributed by atoms with van der Waals surface area (Å²) in [5.41, 5.74) is 2.09. The molecular formula is C19H17NO2S2. The lowest BCUT2D eigenvalue weighted by molar-refractivity contribution is -0.121. The number of hydrogen-bond donors (Lipinski definition) is 0. The van der Waals surface area contributed by atoms with Gasteiger partial charge in [0.25, 0.3) is 5.91 Å². The molecule has 1 heterocycles. The van der Waals surface area contributed by atoms with E-state index in [2.05, 4.69) is 0 Å². The number of benzene rings is 2. The Morgan fingerprint density at radius 3 is 2.46 bits per heavy atom. The minimum absolute atomic E-state index is 0.0168. The molecule has 1 aliphatic rings. The lowest BCUT2D eigenvalue weighted by atomic mass is 10.2. The predicted octanol–water partition coefficient (Wildman–Crippen LogP) is 4.49. The van der Waals surface area contributed by atoms with E-state index in [1.165, 1.54) is 11.8 Å². The van der Waals surface area contributed by atoms with Gasteiger partial charge in [0.05, 0.1) is 4.91 Å². The molecule has 5 heteroatoms. The largest absolute Gasteiger partial charge is 0.489 e. The van der Waals surface area contributed by atoms with Gasteiger partial charge in [-0.1, -0.05) is 66.4 Å². The fourth-order valence-electron chi connectivity index (χ4n) is 2.33. The van der Waals surface area contributed by atoms with Crippen LogP contribution in [0.5, 0.6) is 5.75 Å². The smallest absolute Gasteiger partial charge is 0.266 e. The maximum absolute atomic E-state index is 12.2. The molecule has 0 bridgehead atoms. The fraction of sp³-hybridized carbons (Fsp3) is 0.158. The molecule has 1 fully saturated rings. The molecule has 3 rings (SSSR count). The molecule has 0 aliphatic carbocycles. The van der Waals surface area contributed by atoms with E-state index >= 15 is 0 Å². The first-order valence-electron chi connectivity index (χ1n) is 7.69. The maximum atomic E-state index is 12.2. The highest BCUT2D eigenvalue weighted by molar-refractivity contribution is 8.26. The number of carbonyl (C=O) groups excluding carboxylic acids is 1. The Morgan fingerprint density at radius 2 is 1.83 bits per heavy atom. The monoisotopic (exact) mass is 355 g/mol. The summed E-state index contributed by atoms with van der Waals surface area (Å²) in [6, 6.07) is 17.7. The Balaban J connectivity index is 1.66. The van der Waals surface area contributed by atoms with Crippen molar-refractivity contribution in [1.29, 1.82) is 0 Å². The van der Waals surface area contributed by atoms with Gasteiger partial charge < -0.3 is 4.74 Å².